The van der Waals surface area contributed by atoms with Crippen LogP contribution in [0.2, 0.25) is 0 Å². The third-order valence-corrected chi connectivity index (χ3v) is 5.08. The first kappa shape index (κ1) is 14.3. The normalized spacial score (nSPS) is 26.2. The molecule has 3 nitrogen and oxygen atoms in total. The first-order valence-electron chi connectivity index (χ1n) is 7.95. The third kappa shape index (κ3) is 2.87. The van der Waals surface area contributed by atoms with Crippen LogP contribution >= 0.6 is 0 Å². The van der Waals surface area contributed by atoms with Gasteiger partial charge in [0.05, 0.1) is 11.6 Å². The van der Waals surface area contributed by atoms with Crippen molar-refractivity contribution in [3.05, 3.63) is 34.9 Å². The van der Waals surface area contributed by atoms with Gasteiger partial charge in [0.2, 0.25) is 0 Å². The molecule has 2 unspecified atom stereocenters. The summed E-state index contributed by atoms with van der Waals surface area (Å²) in [6, 6.07) is 8.56. The fraction of sp³-hybridized carbons (Fsp3) is 0.556. The van der Waals surface area contributed by atoms with Crippen LogP contribution in [0.15, 0.2) is 18.2 Å². The van der Waals surface area contributed by atoms with E-state index in [-0.39, 0.29) is 5.92 Å². The van der Waals surface area contributed by atoms with E-state index in [2.05, 4.69) is 24.0 Å². The molecule has 3 heteroatoms. The quantitative estimate of drug-likeness (QED) is 0.855. The summed E-state index contributed by atoms with van der Waals surface area (Å²) in [5, 5.41) is 8.95. The number of likely N-dealkylation sites (tertiary alicyclic amines) is 1. The fourth-order valence-electron chi connectivity index (χ4n) is 3.92. The van der Waals surface area contributed by atoms with Crippen molar-refractivity contribution in [1.29, 1.82) is 5.26 Å². The van der Waals surface area contributed by atoms with Crippen molar-refractivity contribution < 1.29 is 4.79 Å². The van der Waals surface area contributed by atoms with Crippen LogP contribution in [0.3, 0.4) is 0 Å². The van der Waals surface area contributed by atoms with E-state index in [4.69, 9.17) is 5.26 Å². The Labute approximate surface area is 126 Å². The van der Waals surface area contributed by atoms with E-state index in [9.17, 15) is 4.79 Å². The second-order valence-electron chi connectivity index (χ2n) is 6.40. The summed E-state index contributed by atoms with van der Waals surface area (Å²) in [6.45, 7) is 4.07. The Morgan fingerprint density at radius 1 is 1.33 bits per heavy atom. The van der Waals surface area contributed by atoms with Gasteiger partial charge in [-0.15, -0.1) is 0 Å². The number of aryl methyl sites for hydroxylation is 1. The maximum atomic E-state index is 12.0. The molecule has 0 N–H and O–H groups in total. The van der Waals surface area contributed by atoms with Gasteiger partial charge in [0.25, 0.3) is 0 Å². The van der Waals surface area contributed by atoms with Crippen molar-refractivity contribution in [2.45, 2.75) is 51.6 Å². The van der Waals surface area contributed by atoms with E-state index in [1.165, 1.54) is 17.5 Å². The Bertz CT molecular complexity index is 587. The molecule has 1 heterocycles. The molecule has 3 rings (SSSR count). The van der Waals surface area contributed by atoms with Gasteiger partial charge in [-0.2, -0.15) is 5.26 Å². The number of hydrogen-bond acceptors (Lipinski definition) is 3. The number of benzene rings is 1. The zero-order valence-electron chi connectivity index (χ0n) is 12.6. The summed E-state index contributed by atoms with van der Waals surface area (Å²) in [7, 11) is 0. The molecule has 1 aromatic carbocycles. The minimum absolute atomic E-state index is 0.270. The van der Waals surface area contributed by atoms with Crippen LogP contribution in [0.1, 0.15) is 48.8 Å². The van der Waals surface area contributed by atoms with Gasteiger partial charge in [-0.25, -0.2) is 0 Å². The van der Waals surface area contributed by atoms with E-state index in [1.807, 2.05) is 12.1 Å². The van der Waals surface area contributed by atoms with Gasteiger partial charge >= 0.3 is 0 Å². The van der Waals surface area contributed by atoms with Gasteiger partial charge in [0, 0.05) is 24.9 Å². The van der Waals surface area contributed by atoms with Crippen LogP contribution in [-0.2, 0) is 11.3 Å². The number of nitriles is 1. The summed E-state index contributed by atoms with van der Waals surface area (Å²) in [6.07, 6.45) is 5.29. The highest BCUT2D eigenvalue weighted by Gasteiger charge is 2.37. The van der Waals surface area contributed by atoms with Crippen molar-refractivity contribution in [3.8, 4) is 6.07 Å². The van der Waals surface area contributed by atoms with Gasteiger partial charge in [-0.05, 0) is 62.4 Å². The first-order valence-corrected chi connectivity index (χ1v) is 7.95. The number of hydrogen-bond donors (Lipinski definition) is 0. The molecule has 1 aromatic rings. The van der Waals surface area contributed by atoms with Gasteiger partial charge in [0.15, 0.2) is 0 Å². The summed E-state index contributed by atoms with van der Waals surface area (Å²) in [5.41, 5.74) is 3.18. The van der Waals surface area contributed by atoms with E-state index in [0.29, 0.717) is 11.8 Å². The minimum atomic E-state index is 0.270. The molecule has 21 heavy (non-hydrogen) atoms. The van der Waals surface area contributed by atoms with Crippen LogP contribution in [0.4, 0.5) is 0 Å². The van der Waals surface area contributed by atoms with E-state index < -0.39 is 0 Å². The van der Waals surface area contributed by atoms with Crippen molar-refractivity contribution in [2.75, 3.05) is 6.54 Å². The van der Waals surface area contributed by atoms with Crippen molar-refractivity contribution in [3.63, 3.8) is 0 Å². The average molecular weight is 282 g/mol. The number of rotatable bonds is 3. The Morgan fingerprint density at radius 2 is 2.19 bits per heavy atom. The molecule has 1 aliphatic carbocycles. The predicted molar refractivity (Wildman–Crippen MR) is 81.7 cm³/mol. The standard InChI is InChI=1S/C18H22N2O/c1-13-10-14(11-19)7-8-15(13)12-20-9-3-5-17(20)16-4-2-6-18(16)21/h7-8,10,16-17H,2-6,9,12H2,1H3. The molecule has 1 aliphatic heterocycles. The summed E-state index contributed by atoms with van der Waals surface area (Å²) < 4.78 is 0. The van der Waals surface area contributed by atoms with Crippen LogP contribution in [0, 0.1) is 24.2 Å². The fourth-order valence-corrected chi connectivity index (χ4v) is 3.92. The van der Waals surface area contributed by atoms with Gasteiger partial charge in [0.1, 0.15) is 5.78 Å². The number of carbonyl (C=O) groups is 1. The Morgan fingerprint density at radius 3 is 2.86 bits per heavy atom. The topological polar surface area (TPSA) is 44.1 Å². The summed E-state index contributed by atoms with van der Waals surface area (Å²) in [5.74, 6) is 0.745. The molecule has 0 amide bonds. The predicted octanol–water partition coefficient (Wildman–Crippen LogP) is 3.20. The van der Waals surface area contributed by atoms with Gasteiger partial charge < -0.3 is 0 Å². The molecule has 2 aliphatic rings. The maximum absolute atomic E-state index is 12.0. The van der Waals surface area contributed by atoms with E-state index in [1.54, 1.807) is 0 Å². The first-order chi connectivity index (χ1) is 10.2. The average Bonchev–Trinajstić information content (AvgIpc) is 3.09. The zero-order valence-corrected chi connectivity index (χ0v) is 12.6. The molecular formula is C18H22N2O. The van der Waals surface area contributed by atoms with Crippen LogP contribution < -0.4 is 0 Å². The maximum Gasteiger partial charge on any atom is 0.137 e. The lowest BCUT2D eigenvalue weighted by molar-refractivity contribution is -0.122. The van der Waals surface area contributed by atoms with Gasteiger partial charge in [-0.1, -0.05) is 6.07 Å². The molecule has 0 spiro atoms. The molecule has 2 atom stereocenters. The van der Waals surface area contributed by atoms with E-state index >= 15 is 0 Å². The highest BCUT2D eigenvalue weighted by molar-refractivity contribution is 5.83. The largest absolute Gasteiger partial charge is 0.299 e. The van der Waals surface area contributed by atoms with E-state index in [0.717, 1.165) is 44.3 Å². The molecule has 1 saturated carbocycles. The Balaban J connectivity index is 1.74. The minimum Gasteiger partial charge on any atom is -0.299 e. The molecular weight excluding hydrogens is 260 g/mol. The van der Waals surface area contributed by atoms with Crippen LogP contribution in [-0.4, -0.2) is 23.3 Å². The summed E-state index contributed by atoms with van der Waals surface area (Å²) >= 11 is 0. The van der Waals surface area contributed by atoms with Gasteiger partial charge in [-0.3, -0.25) is 9.69 Å². The van der Waals surface area contributed by atoms with Crippen LogP contribution in [0.5, 0.6) is 0 Å². The molecule has 0 radical (unpaired) electrons. The Kier molecular flexibility index (Phi) is 4.07. The Hall–Kier alpha value is -1.66. The summed E-state index contributed by atoms with van der Waals surface area (Å²) in [4.78, 5) is 14.5. The van der Waals surface area contributed by atoms with Crippen molar-refractivity contribution in [1.82, 2.24) is 4.90 Å². The molecule has 0 aromatic heterocycles. The second kappa shape index (κ2) is 5.99. The van der Waals surface area contributed by atoms with Crippen molar-refractivity contribution >= 4 is 5.78 Å². The third-order valence-electron chi connectivity index (χ3n) is 5.08. The highest BCUT2D eigenvalue weighted by atomic mass is 16.1. The highest BCUT2D eigenvalue weighted by Crippen LogP contribution is 2.34. The second-order valence-corrected chi connectivity index (χ2v) is 6.40. The molecule has 110 valence electrons. The monoisotopic (exact) mass is 282 g/mol. The number of ketones is 1. The van der Waals surface area contributed by atoms with Crippen LogP contribution in [0.25, 0.3) is 0 Å². The lowest BCUT2D eigenvalue weighted by Crippen LogP contribution is -2.37. The molecule has 2 fully saturated rings. The lowest BCUT2D eigenvalue weighted by atomic mass is 9.94. The molecule has 1 saturated heterocycles. The number of Topliss-reactive ketones (excluding diaryl/α,β-unsaturated/α-hetero) is 1. The van der Waals surface area contributed by atoms with Crippen molar-refractivity contribution in [2.24, 2.45) is 5.92 Å². The lowest BCUT2D eigenvalue weighted by Gasteiger charge is -2.29. The molecule has 0 bridgehead atoms. The zero-order chi connectivity index (χ0) is 14.8. The SMILES string of the molecule is Cc1cc(C#N)ccc1CN1CCCC1C1CCCC1=O. The smallest absolute Gasteiger partial charge is 0.137 e. The number of nitrogens with zero attached hydrogens (tertiary/aromatic N) is 2. The number of carbonyl (C=O) groups excluding carboxylic acids is 1.